The Balaban J connectivity index is 2.24. The van der Waals surface area contributed by atoms with Crippen LogP contribution in [0.4, 0.5) is 8.78 Å². The van der Waals surface area contributed by atoms with Gasteiger partial charge in [0.05, 0.1) is 4.90 Å². The maximum atomic E-state index is 13.7. The van der Waals surface area contributed by atoms with Crippen LogP contribution in [0.1, 0.15) is 18.9 Å². The predicted octanol–water partition coefficient (Wildman–Crippen LogP) is 5.27. The standard InChI is InChI=1S/C16H16ClF2NS/c1-2-7-20-10-11-8-12(17)3-6-15(11)21-16-9-13(18)4-5-14(16)19/h3-6,8-9,20H,2,7,10H2,1H3. The van der Waals surface area contributed by atoms with Gasteiger partial charge in [0.15, 0.2) is 0 Å². The second kappa shape index (κ2) is 7.78. The van der Waals surface area contributed by atoms with Gasteiger partial charge in [-0.3, -0.25) is 0 Å². The number of rotatable bonds is 6. The topological polar surface area (TPSA) is 12.0 Å². The maximum absolute atomic E-state index is 13.7. The molecule has 0 atom stereocenters. The van der Waals surface area contributed by atoms with Crippen molar-refractivity contribution in [2.45, 2.75) is 29.7 Å². The Labute approximate surface area is 132 Å². The van der Waals surface area contributed by atoms with Gasteiger partial charge < -0.3 is 5.32 Å². The molecule has 0 bridgehead atoms. The summed E-state index contributed by atoms with van der Waals surface area (Å²) in [6.45, 7) is 3.63. The second-order valence-corrected chi connectivity index (χ2v) is 6.13. The summed E-state index contributed by atoms with van der Waals surface area (Å²) >= 11 is 7.23. The van der Waals surface area contributed by atoms with E-state index in [0.29, 0.717) is 11.6 Å². The van der Waals surface area contributed by atoms with Crippen LogP contribution in [0.25, 0.3) is 0 Å². The van der Waals surface area contributed by atoms with Crippen LogP contribution in [0, 0.1) is 11.6 Å². The normalized spacial score (nSPS) is 10.9. The van der Waals surface area contributed by atoms with E-state index in [0.717, 1.165) is 35.6 Å². The van der Waals surface area contributed by atoms with Crippen LogP contribution in [0.3, 0.4) is 0 Å². The zero-order chi connectivity index (χ0) is 15.2. The third-order valence-corrected chi connectivity index (χ3v) is 4.26. The molecule has 0 fully saturated rings. The lowest BCUT2D eigenvalue weighted by Crippen LogP contribution is -2.14. The highest BCUT2D eigenvalue weighted by atomic mass is 35.5. The lowest BCUT2D eigenvalue weighted by Gasteiger charge is -2.11. The lowest BCUT2D eigenvalue weighted by atomic mass is 10.2. The fourth-order valence-corrected chi connectivity index (χ4v) is 3.03. The van der Waals surface area contributed by atoms with Gasteiger partial charge in [0.25, 0.3) is 0 Å². The van der Waals surface area contributed by atoms with Crippen molar-refractivity contribution < 1.29 is 8.78 Å². The van der Waals surface area contributed by atoms with Gasteiger partial charge in [-0.1, -0.05) is 30.3 Å². The van der Waals surface area contributed by atoms with Gasteiger partial charge >= 0.3 is 0 Å². The van der Waals surface area contributed by atoms with Gasteiger partial charge in [-0.2, -0.15) is 0 Å². The number of halogens is 3. The van der Waals surface area contributed by atoms with E-state index in [1.165, 1.54) is 17.8 Å². The number of hydrogen-bond acceptors (Lipinski definition) is 2. The summed E-state index contributed by atoms with van der Waals surface area (Å²) in [5, 5.41) is 3.92. The minimum absolute atomic E-state index is 0.272. The zero-order valence-corrected chi connectivity index (χ0v) is 13.2. The first-order valence-electron chi connectivity index (χ1n) is 6.72. The smallest absolute Gasteiger partial charge is 0.137 e. The molecule has 0 unspecified atom stereocenters. The number of hydrogen-bond donors (Lipinski definition) is 1. The van der Waals surface area contributed by atoms with Gasteiger partial charge in [0.2, 0.25) is 0 Å². The quantitative estimate of drug-likeness (QED) is 0.725. The summed E-state index contributed by atoms with van der Waals surface area (Å²) in [4.78, 5) is 1.14. The Hall–Kier alpha value is -1.10. The molecule has 0 aromatic heterocycles. The van der Waals surface area contributed by atoms with Gasteiger partial charge in [-0.05, 0) is 54.9 Å². The second-order valence-electron chi connectivity index (χ2n) is 4.61. The molecule has 0 heterocycles. The van der Waals surface area contributed by atoms with Crippen molar-refractivity contribution in [1.82, 2.24) is 5.32 Å². The summed E-state index contributed by atoms with van der Waals surface area (Å²) in [6, 6.07) is 8.90. The number of nitrogens with one attached hydrogen (secondary N) is 1. The molecule has 0 aliphatic rings. The summed E-state index contributed by atoms with van der Waals surface area (Å²) in [7, 11) is 0. The molecule has 0 aliphatic heterocycles. The molecule has 0 spiro atoms. The zero-order valence-electron chi connectivity index (χ0n) is 11.6. The van der Waals surface area contributed by atoms with E-state index in [-0.39, 0.29) is 4.90 Å². The molecule has 2 aromatic carbocycles. The van der Waals surface area contributed by atoms with Crippen LogP contribution in [0.15, 0.2) is 46.2 Å². The first kappa shape index (κ1) is 16.3. The minimum atomic E-state index is -0.446. The van der Waals surface area contributed by atoms with Crippen molar-refractivity contribution in [2.75, 3.05) is 6.54 Å². The Morgan fingerprint density at radius 3 is 2.67 bits per heavy atom. The molecule has 2 rings (SSSR count). The van der Waals surface area contributed by atoms with Crippen molar-refractivity contribution in [3.8, 4) is 0 Å². The molecular weight excluding hydrogens is 312 g/mol. The molecule has 2 aromatic rings. The van der Waals surface area contributed by atoms with Gasteiger partial charge in [-0.25, -0.2) is 8.78 Å². The molecule has 5 heteroatoms. The molecule has 0 saturated heterocycles. The van der Waals surface area contributed by atoms with Crippen molar-refractivity contribution in [3.63, 3.8) is 0 Å². The van der Waals surface area contributed by atoms with E-state index < -0.39 is 11.6 Å². The average Bonchev–Trinajstić information content (AvgIpc) is 2.46. The van der Waals surface area contributed by atoms with Crippen LogP contribution >= 0.6 is 23.4 Å². The van der Waals surface area contributed by atoms with Crippen molar-refractivity contribution in [1.29, 1.82) is 0 Å². The van der Waals surface area contributed by atoms with E-state index in [2.05, 4.69) is 12.2 Å². The first-order chi connectivity index (χ1) is 10.1. The van der Waals surface area contributed by atoms with Crippen molar-refractivity contribution in [2.24, 2.45) is 0 Å². The number of benzene rings is 2. The molecule has 1 N–H and O–H groups in total. The highest BCUT2D eigenvalue weighted by molar-refractivity contribution is 7.99. The van der Waals surface area contributed by atoms with Crippen LogP contribution in [0.2, 0.25) is 5.02 Å². The fourth-order valence-electron chi connectivity index (χ4n) is 1.86. The summed E-state index contributed by atoms with van der Waals surface area (Å²) in [5.74, 6) is -0.873. The van der Waals surface area contributed by atoms with Crippen LogP contribution in [-0.4, -0.2) is 6.54 Å². The predicted molar refractivity (Wildman–Crippen MR) is 83.9 cm³/mol. The molecule has 112 valence electrons. The Bertz CT molecular complexity index is 619. The lowest BCUT2D eigenvalue weighted by molar-refractivity contribution is 0.577. The van der Waals surface area contributed by atoms with E-state index in [4.69, 9.17) is 11.6 Å². The highest BCUT2D eigenvalue weighted by Crippen LogP contribution is 2.34. The monoisotopic (exact) mass is 327 g/mol. The first-order valence-corrected chi connectivity index (χ1v) is 7.91. The Morgan fingerprint density at radius 2 is 1.90 bits per heavy atom. The minimum Gasteiger partial charge on any atom is -0.313 e. The fraction of sp³-hybridized carbons (Fsp3) is 0.250. The average molecular weight is 328 g/mol. The van der Waals surface area contributed by atoms with Gasteiger partial charge in [-0.15, -0.1) is 0 Å². The van der Waals surface area contributed by atoms with Crippen molar-refractivity contribution in [3.05, 3.63) is 58.6 Å². The van der Waals surface area contributed by atoms with Crippen molar-refractivity contribution >= 4 is 23.4 Å². The molecule has 0 aliphatic carbocycles. The molecule has 0 radical (unpaired) electrons. The third-order valence-electron chi connectivity index (χ3n) is 2.88. The van der Waals surface area contributed by atoms with E-state index >= 15 is 0 Å². The van der Waals surface area contributed by atoms with Crippen LogP contribution < -0.4 is 5.32 Å². The van der Waals surface area contributed by atoms with Gasteiger partial charge in [0.1, 0.15) is 11.6 Å². The molecule has 0 amide bonds. The third kappa shape index (κ3) is 4.70. The molecule has 0 saturated carbocycles. The van der Waals surface area contributed by atoms with Crippen LogP contribution in [-0.2, 0) is 6.54 Å². The molecular formula is C16H16ClF2NS. The Morgan fingerprint density at radius 1 is 1.10 bits per heavy atom. The van der Waals surface area contributed by atoms with Gasteiger partial charge in [0, 0.05) is 16.5 Å². The molecule has 1 nitrogen and oxygen atoms in total. The SMILES string of the molecule is CCCNCc1cc(Cl)ccc1Sc1cc(F)ccc1F. The highest BCUT2D eigenvalue weighted by Gasteiger charge is 2.10. The molecule has 21 heavy (non-hydrogen) atoms. The maximum Gasteiger partial charge on any atom is 0.137 e. The van der Waals surface area contributed by atoms with E-state index in [9.17, 15) is 8.78 Å². The summed E-state index contributed by atoms with van der Waals surface area (Å²) < 4.78 is 27.0. The summed E-state index contributed by atoms with van der Waals surface area (Å²) in [6.07, 6.45) is 1.03. The Kier molecular flexibility index (Phi) is 6.03. The van der Waals surface area contributed by atoms with E-state index in [1.807, 2.05) is 12.1 Å². The largest absolute Gasteiger partial charge is 0.313 e. The van der Waals surface area contributed by atoms with Crippen LogP contribution in [0.5, 0.6) is 0 Å². The van der Waals surface area contributed by atoms with E-state index in [1.54, 1.807) is 6.07 Å². The summed E-state index contributed by atoms with van der Waals surface area (Å²) in [5.41, 5.74) is 0.976.